The molecule has 3 nitrogen and oxygen atoms in total. The Kier molecular flexibility index (Phi) is 7.09. The average molecular weight is 243 g/mol. The Morgan fingerprint density at radius 1 is 1.24 bits per heavy atom. The van der Waals surface area contributed by atoms with E-state index in [2.05, 4.69) is 6.92 Å². The van der Waals surface area contributed by atoms with Gasteiger partial charge in [-0.1, -0.05) is 13.3 Å². The van der Waals surface area contributed by atoms with Crippen molar-refractivity contribution >= 4 is 0 Å². The average Bonchev–Trinajstić information content (AvgIpc) is 2.39. The summed E-state index contributed by atoms with van der Waals surface area (Å²) < 4.78 is 6.05. The van der Waals surface area contributed by atoms with Crippen molar-refractivity contribution in [3.8, 4) is 0 Å². The third-order valence-corrected chi connectivity index (χ3v) is 4.18. The number of rotatable bonds is 8. The SMILES string of the molecule is CCC1CCC(CN)(OCCCCCO)CC1. The summed E-state index contributed by atoms with van der Waals surface area (Å²) in [5.74, 6) is 0.882. The highest BCUT2D eigenvalue weighted by Gasteiger charge is 2.34. The van der Waals surface area contributed by atoms with E-state index in [4.69, 9.17) is 15.6 Å². The third-order valence-electron chi connectivity index (χ3n) is 4.18. The van der Waals surface area contributed by atoms with Gasteiger partial charge in [-0.25, -0.2) is 0 Å². The first-order chi connectivity index (χ1) is 8.26. The fourth-order valence-corrected chi connectivity index (χ4v) is 2.70. The van der Waals surface area contributed by atoms with E-state index >= 15 is 0 Å². The first kappa shape index (κ1) is 14.9. The van der Waals surface area contributed by atoms with Gasteiger partial charge in [0, 0.05) is 19.8 Å². The molecule has 0 radical (unpaired) electrons. The lowest BCUT2D eigenvalue weighted by atomic mass is 9.77. The first-order valence-electron chi connectivity index (χ1n) is 7.21. The summed E-state index contributed by atoms with van der Waals surface area (Å²) >= 11 is 0. The summed E-state index contributed by atoms with van der Waals surface area (Å²) in [7, 11) is 0. The molecule has 0 bridgehead atoms. The van der Waals surface area contributed by atoms with Gasteiger partial charge in [0.2, 0.25) is 0 Å². The Labute approximate surface area is 106 Å². The maximum atomic E-state index is 8.71. The lowest BCUT2D eigenvalue weighted by Gasteiger charge is -2.39. The fourth-order valence-electron chi connectivity index (χ4n) is 2.70. The van der Waals surface area contributed by atoms with Crippen LogP contribution in [0.25, 0.3) is 0 Å². The van der Waals surface area contributed by atoms with Crippen LogP contribution in [0.15, 0.2) is 0 Å². The molecule has 102 valence electrons. The van der Waals surface area contributed by atoms with Gasteiger partial charge in [0.05, 0.1) is 5.60 Å². The molecule has 0 saturated heterocycles. The van der Waals surface area contributed by atoms with Gasteiger partial charge in [-0.15, -0.1) is 0 Å². The molecule has 0 atom stereocenters. The molecule has 1 aliphatic carbocycles. The van der Waals surface area contributed by atoms with Crippen LogP contribution in [0.2, 0.25) is 0 Å². The van der Waals surface area contributed by atoms with Crippen LogP contribution in [0.4, 0.5) is 0 Å². The Morgan fingerprint density at radius 3 is 2.47 bits per heavy atom. The van der Waals surface area contributed by atoms with Crippen LogP contribution < -0.4 is 5.73 Å². The van der Waals surface area contributed by atoms with Gasteiger partial charge in [0.15, 0.2) is 0 Å². The smallest absolute Gasteiger partial charge is 0.0804 e. The van der Waals surface area contributed by atoms with Crippen molar-refractivity contribution < 1.29 is 9.84 Å². The summed E-state index contributed by atoms with van der Waals surface area (Å²) in [5.41, 5.74) is 5.86. The molecule has 1 saturated carbocycles. The quantitative estimate of drug-likeness (QED) is 0.644. The zero-order chi connectivity index (χ0) is 12.6. The van der Waals surface area contributed by atoms with Crippen LogP contribution in [-0.4, -0.2) is 30.5 Å². The third kappa shape index (κ3) is 4.94. The van der Waals surface area contributed by atoms with Crippen molar-refractivity contribution in [1.29, 1.82) is 0 Å². The van der Waals surface area contributed by atoms with Gasteiger partial charge >= 0.3 is 0 Å². The van der Waals surface area contributed by atoms with Crippen LogP contribution >= 0.6 is 0 Å². The summed E-state index contributed by atoms with van der Waals surface area (Å²) in [4.78, 5) is 0. The molecule has 3 heteroatoms. The maximum absolute atomic E-state index is 8.71. The number of ether oxygens (including phenoxy) is 1. The Morgan fingerprint density at radius 2 is 1.94 bits per heavy atom. The van der Waals surface area contributed by atoms with Gasteiger partial charge in [-0.05, 0) is 50.9 Å². The van der Waals surface area contributed by atoms with Crippen molar-refractivity contribution in [2.24, 2.45) is 11.7 Å². The first-order valence-corrected chi connectivity index (χ1v) is 7.21. The van der Waals surface area contributed by atoms with E-state index in [1.54, 1.807) is 0 Å². The minimum atomic E-state index is -0.0368. The van der Waals surface area contributed by atoms with E-state index in [0.29, 0.717) is 13.2 Å². The second-order valence-corrected chi connectivity index (χ2v) is 5.37. The predicted molar refractivity (Wildman–Crippen MR) is 70.9 cm³/mol. The highest BCUT2D eigenvalue weighted by atomic mass is 16.5. The van der Waals surface area contributed by atoms with Crippen LogP contribution in [0, 0.1) is 5.92 Å². The molecule has 0 amide bonds. The van der Waals surface area contributed by atoms with Crippen molar-refractivity contribution in [3.05, 3.63) is 0 Å². The fraction of sp³-hybridized carbons (Fsp3) is 1.00. The molecular weight excluding hydrogens is 214 g/mol. The molecule has 1 aliphatic rings. The number of aliphatic hydroxyl groups is 1. The maximum Gasteiger partial charge on any atom is 0.0804 e. The van der Waals surface area contributed by atoms with E-state index in [-0.39, 0.29) is 5.60 Å². The largest absolute Gasteiger partial charge is 0.396 e. The zero-order valence-electron chi connectivity index (χ0n) is 11.3. The predicted octanol–water partition coefficient (Wildman–Crippen LogP) is 2.46. The number of hydrogen-bond donors (Lipinski definition) is 2. The summed E-state index contributed by atoms with van der Waals surface area (Å²) in [6, 6.07) is 0. The molecule has 0 aromatic carbocycles. The van der Waals surface area contributed by atoms with Crippen molar-refractivity contribution in [2.45, 2.75) is 63.9 Å². The standard InChI is InChI=1S/C14H29NO2/c1-2-13-6-8-14(12-15,9-7-13)17-11-5-3-4-10-16/h13,16H,2-12,15H2,1H3. The van der Waals surface area contributed by atoms with Crippen molar-refractivity contribution in [1.82, 2.24) is 0 Å². The number of hydrogen-bond acceptors (Lipinski definition) is 3. The van der Waals surface area contributed by atoms with Crippen molar-refractivity contribution in [2.75, 3.05) is 19.8 Å². The summed E-state index contributed by atoms with van der Waals surface area (Å²) in [6.07, 6.45) is 9.06. The molecule has 0 aromatic heterocycles. The van der Waals surface area contributed by atoms with Gasteiger partial charge < -0.3 is 15.6 Å². The molecular formula is C14H29NO2. The Bertz CT molecular complexity index is 189. The van der Waals surface area contributed by atoms with Gasteiger partial charge in [-0.3, -0.25) is 0 Å². The van der Waals surface area contributed by atoms with Crippen LogP contribution in [0.1, 0.15) is 58.3 Å². The minimum Gasteiger partial charge on any atom is -0.396 e. The normalized spacial score (nSPS) is 29.5. The second kappa shape index (κ2) is 8.06. The monoisotopic (exact) mass is 243 g/mol. The topological polar surface area (TPSA) is 55.5 Å². The number of nitrogens with two attached hydrogens (primary N) is 1. The summed E-state index contributed by atoms with van der Waals surface area (Å²) in [5, 5.41) is 8.71. The molecule has 1 rings (SSSR count). The molecule has 1 fully saturated rings. The van der Waals surface area contributed by atoms with Gasteiger partial charge in [0.25, 0.3) is 0 Å². The molecule has 17 heavy (non-hydrogen) atoms. The number of aliphatic hydroxyl groups excluding tert-OH is 1. The molecule has 0 aromatic rings. The van der Waals surface area contributed by atoms with Gasteiger partial charge in [0.1, 0.15) is 0 Å². The van der Waals surface area contributed by atoms with E-state index in [9.17, 15) is 0 Å². The van der Waals surface area contributed by atoms with E-state index < -0.39 is 0 Å². The molecule has 0 spiro atoms. The minimum absolute atomic E-state index is 0.0368. The lowest BCUT2D eigenvalue weighted by Crippen LogP contribution is -2.44. The molecule has 3 N–H and O–H groups in total. The van der Waals surface area contributed by atoms with Gasteiger partial charge in [-0.2, -0.15) is 0 Å². The Hall–Kier alpha value is -0.120. The lowest BCUT2D eigenvalue weighted by molar-refractivity contribution is -0.0727. The van der Waals surface area contributed by atoms with Crippen molar-refractivity contribution in [3.63, 3.8) is 0 Å². The van der Waals surface area contributed by atoms with E-state index in [1.807, 2.05) is 0 Å². The van der Waals surface area contributed by atoms with E-state index in [0.717, 1.165) is 44.6 Å². The second-order valence-electron chi connectivity index (χ2n) is 5.37. The zero-order valence-corrected chi connectivity index (χ0v) is 11.3. The van der Waals surface area contributed by atoms with Crippen LogP contribution in [0.5, 0.6) is 0 Å². The highest BCUT2D eigenvalue weighted by Crippen LogP contribution is 2.35. The molecule has 0 aliphatic heterocycles. The number of unbranched alkanes of at least 4 members (excludes halogenated alkanes) is 2. The summed E-state index contributed by atoms with van der Waals surface area (Å²) in [6.45, 7) is 4.02. The molecule has 0 unspecified atom stereocenters. The van der Waals surface area contributed by atoms with Crippen LogP contribution in [0.3, 0.4) is 0 Å². The highest BCUT2D eigenvalue weighted by molar-refractivity contribution is 4.88. The van der Waals surface area contributed by atoms with E-state index in [1.165, 1.54) is 19.3 Å². The Balaban J connectivity index is 2.22. The molecule has 0 heterocycles. The van der Waals surface area contributed by atoms with Crippen LogP contribution in [-0.2, 0) is 4.74 Å².